The van der Waals surface area contributed by atoms with E-state index in [0.29, 0.717) is 80.2 Å². The average Bonchev–Trinajstić information content (AvgIpc) is 3.15. The number of benzene rings is 4. The Balaban J connectivity index is 1.26. The molecule has 256 valence electrons. The van der Waals surface area contributed by atoms with Crippen molar-refractivity contribution >= 4 is 26.7 Å². The molecule has 2 unspecified atom stereocenters. The van der Waals surface area contributed by atoms with Crippen LogP contribution in [0, 0.1) is 0 Å². The Bertz CT molecular complexity index is 1830. The Labute approximate surface area is 290 Å². The van der Waals surface area contributed by atoms with Crippen LogP contribution in [0.4, 0.5) is 5.82 Å². The van der Waals surface area contributed by atoms with Gasteiger partial charge >= 0.3 is 0 Å². The lowest BCUT2D eigenvalue weighted by atomic mass is 10.0. The van der Waals surface area contributed by atoms with E-state index in [1.165, 1.54) is 6.33 Å². The third-order valence-corrected chi connectivity index (χ3v) is 11.3. The van der Waals surface area contributed by atoms with Gasteiger partial charge in [0.05, 0.1) is 36.6 Å². The van der Waals surface area contributed by atoms with E-state index >= 15 is 0 Å². The van der Waals surface area contributed by atoms with Gasteiger partial charge in [0, 0.05) is 25.1 Å². The second kappa shape index (κ2) is 16.0. The quantitative estimate of drug-likeness (QED) is 0.124. The van der Waals surface area contributed by atoms with Crippen molar-refractivity contribution in [3.63, 3.8) is 0 Å². The van der Waals surface area contributed by atoms with Crippen LogP contribution in [0.1, 0.15) is 42.7 Å². The smallest absolute Gasteiger partial charge is 0.243 e. The van der Waals surface area contributed by atoms with E-state index in [1.54, 1.807) is 22.5 Å². The Hall–Kier alpha value is -4.19. The highest BCUT2D eigenvalue weighted by atomic mass is 32.2. The number of nitrogens with one attached hydrogen (secondary N) is 1. The van der Waals surface area contributed by atoms with Gasteiger partial charge in [-0.3, -0.25) is 0 Å². The molecule has 0 bridgehead atoms. The number of ether oxygens (including phenoxy) is 2. The number of hydrogen-bond donors (Lipinski definition) is 1. The first kappa shape index (κ1) is 34.7. The lowest BCUT2D eigenvalue weighted by Gasteiger charge is -2.47. The van der Waals surface area contributed by atoms with E-state index in [-0.39, 0.29) is 17.1 Å². The number of rotatable bonds is 15. The second-order valence-electron chi connectivity index (χ2n) is 12.5. The number of nitrogens with zero attached hydrogens (tertiary/aromatic N) is 4. The molecule has 0 aliphatic carbocycles. The van der Waals surface area contributed by atoms with Crippen LogP contribution in [-0.4, -0.2) is 79.7 Å². The van der Waals surface area contributed by atoms with E-state index in [1.807, 2.05) is 80.6 Å². The topological polar surface area (TPSA) is 93.7 Å². The van der Waals surface area contributed by atoms with Crippen molar-refractivity contribution < 1.29 is 22.4 Å². The van der Waals surface area contributed by atoms with Crippen molar-refractivity contribution in [2.24, 2.45) is 0 Å². The van der Waals surface area contributed by atoms with Crippen LogP contribution in [0.5, 0.6) is 0 Å². The molecule has 10 heteroatoms. The summed E-state index contributed by atoms with van der Waals surface area (Å²) in [5, 5.41) is 4.04. The lowest BCUT2D eigenvalue weighted by Crippen LogP contribution is -2.63. The number of aromatic nitrogens is 2. The molecule has 5 aromatic rings. The summed E-state index contributed by atoms with van der Waals surface area (Å²) in [6.07, 6.45) is 1.24. The monoisotopic (exact) mass is 680 g/mol. The molecule has 6 rings (SSSR count). The summed E-state index contributed by atoms with van der Waals surface area (Å²) < 4.78 is 43.5. The highest BCUT2D eigenvalue weighted by Gasteiger charge is 2.42. The highest BCUT2D eigenvalue weighted by Crippen LogP contribution is 2.32. The van der Waals surface area contributed by atoms with Crippen molar-refractivity contribution in [1.29, 1.82) is 0 Å². The zero-order valence-corrected chi connectivity index (χ0v) is 29.1. The van der Waals surface area contributed by atoms with Crippen LogP contribution in [0.25, 0.3) is 10.9 Å². The highest BCUT2D eigenvalue weighted by molar-refractivity contribution is 7.89. The van der Waals surface area contributed by atoms with Crippen LogP contribution in [0.2, 0.25) is 0 Å². The van der Waals surface area contributed by atoms with Crippen LogP contribution in [0.15, 0.2) is 120 Å². The number of piperazine rings is 1. The summed E-state index contributed by atoms with van der Waals surface area (Å²) >= 11 is 0. The molecule has 4 aromatic carbocycles. The summed E-state index contributed by atoms with van der Waals surface area (Å²) in [4.78, 5) is 9.10. The number of fused-ring (bicyclic) bond motifs is 1. The Morgan fingerprint density at radius 3 is 1.86 bits per heavy atom. The van der Waals surface area contributed by atoms with Crippen molar-refractivity contribution in [2.75, 3.05) is 57.8 Å². The summed E-state index contributed by atoms with van der Waals surface area (Å²) in [6, 6.07) is 35.8. The van der Waals surface area contributed by atoms with Gasteiger partial charge < -0.3 is 19.3 Å². The van der Waals surface area contributed by atoms with Crippen molar-refractivity contribution in [2.45, 2.75) is 37.5 Å². The average molecular weight is 681 g/mol. The molecule has 2 heterocycles. The Morgan fingerprint density at radius 1 is 0.755 bits per heavy atom. The summed E-state index contributed by atoms with van der Waals surface area (Å²) in [6.45, 7) is 9.23. The first-order chi connectivity index (χ1) is 23.9. The van der Waals surface area contributed by atoms with Gasteiger partial charge in [-0.05, 0) is 48.7 Å². The Kier molecular flexibility index (Phi) is 11.3. The zero-order chi connectivity index (χ0) is 34.1. The molecule has 1 saturated heterocycles. The first-order valence-electron chi connectivity index (χ1n) is 17.1. The van der Waals surface area contributed by atoms with Crippen LogP contribution in [-0.2, 0) is 26.0 Å². The molecule has 1 aliphatic heterocycles. The van der Waals surface area contributed by atoms with Gasteiger partial charge in [-0.1, -0.05) is 91.0 Å². The molecule has 1 aliphatic rings. The van der Waals surface area contributed by atoms with E-state index in [2.05, 4.69) is 39.6 Å². The minimum Gasteiger partial charge on any atom is -0.368 e. The van der Waals surface area contributed by atoms with Gasteiger partial charge in [-0.25, -0.2) is 18.4 Å². The molecule has 0 saturated carbocycles. The fraction of sp³-hybridized carbons (Fsp3) is 0.333. The molecule has 49 heavy (non-hydrogen) atoms. The minimum atomic E-state index is -3.79. The van der Waals surface area contributed by atoms with Crippen molar-refractivity contribution in [3.05, 3.63) is 132 Å². The largest absolute Gasteiger partial charge is 0.368 e. The van der Waals surface area contributed by atoms with E-state index in [0.717, 1.165) is 16.7 Å². The number of hydrogen-bond acceptors (Lipinski definition) is 7. The van der Waals surface area contributed by atoms with Crippen molar-refractivity contribution in [1.82, 2.24) is 14.3 Å². The third-order valence-electron chi connectivity index (χ3n) is 9.38. The molecule has 1 fully saturated rings. The second-order valence-corrected chi connectivity index (χ2v) is 14.4. The molecule has 1 aromatic heterocycles. The van der Waals surface area contributed by atoms with E-state index in [4.69, 9.17) is 9.47 Å². The number of quaternary nitrogens is 1. The zero-order valence-electron chi connectivity index (χ0n) is 28.3. The maximum Gasteiger partial charge on any atom is 0.243 e. The predicted molar refractivity (Wildman–Crippen MR) is 193 cm³/mol. The van der Waals surface area contributed by atoms with Crippen molar-refractivity contribution in [3.8, 4) is 0 Å². The maximum absolute atomic E-state index is 14.2. The van der Waals surface area contributed by atoms with E-state index < -0.39 is 10.0 Å². The SMILES string of the molecule is CCOC(C[N+]1(CC(OCC)c2ccccc2)CCN(S(=O)(=O)c2ccc3ncnc(NCc4ccccc4)c3c2)CC1)c1ccccc1. The first-order valence-corrected chi connectivity index (χ1v) is 18.6. The molecule has 9 nitrogen and oxygen atoms in total. The predicted octanol–water partition coefficient (Wildman–Crippen LogP) is 6.62. The van der Waals surface area contributed by atoms with Gasteiger partial charge in [0.2, 0.25) is 10.0 Å². The lowest BCUT2D eigenvalue weighted by molar-refractivity contribution is -0.938. The van der Waals surface area contributed by atoms with Gasteiger partial charge in [0.1, 0.15) is 37.4 Å². The van der Waals surface area contributed by atoms with Crippen LogP contribution >= 0.6 is 0 Å². The normalized spacial score (nSPS) is 16.3. The molecule has 1 N–H and O–H groups in total. The van der Waals surface area contributed by atoms with Crippen LogP contribution in [0.3, 0.4) is 0 Å². The number of anilines is 1. The van der Waals surface area contributed by atoms with E-state index in [9.17, 15) is 8.42 Å². The van der Waals surface area contributed by atoms with Gasteiger partial charge in [-0.15, -0.1) is 0 Å². The van der Waals surface area contributed by atoms with Crippen LogP contribution < -0.4 is 5.32 Å². The summed E-state index contributed by atoms with van der Waals surface area (Å²) in [7, 11) is -3.79. The summed E-state index contributed by atoms with van der Waals surface area (Å²) in [5.74, 6) is 0.603. The van der Waals surface area contributed by atoms with Gasteiger partial charge in [-0.2, -0.15) is 4.31 Å². The van der Waals surface area contributed by atoms with Gasteiger partial charge in [0.15, 0.2) is 0 Å². The standard InChI is InChI=1S/C39H46N5O4S/c1-3-47-37(32-16-10-6-11-17-32)28-44(29-38(48-4-2)33-18-12-7-13-19-33)24-22-43(23-25-44)49(45,46)34-20-21-36-35(26-34)39(42-30-41-36)40-27-31-14-8-5-9-15-31/h5-21,26,30,37-38H,3-4,22-25,27-29H2,1-2H3,(H,40,41,42)/q+1. The molecular weight excluding hydrogens is 635 g/mol. The Morgan fingerprint density at radius 2 is 1.31 bits per heavy atom. The molecule has 0 amide bonds. The fourth-order valence-corrected chi connectivity index (χ4v) is 8.22. The summed E-state index contributed by atoms with van der Waals surface area (Å²) in [5.41, 5.74) is 4.04. The molecule has 2 atom stereocenters. The molecular formula is C39H46N5O4S+. The molecule has 0 radical (unpaired) electrons. The third kappa shape index (κ3) is 8.34. The van der Waals surface area contributed by atoms with Gasteiger partial charge in [0.25, 0.3) is 0 Å². The number of sulfonamides is 1. The minimum absolute atomic E-state index is 0.130. The fourth-order valence-electron chi connectivity index (χ4n) is 6.77. The molecule has 0 spiro atoms. The maximum atomic E-state index is 14.2.